The first-order valence-electron chi connectivity index (χ1n) is 7.17. The molecular formula is C18H22N2S. The van der Waals surface area contributed by atoms with Crippen LogP contribution in [-0.4, -0.2) is 5.11 Å². The number of benzene rings is 2. The topological polar surface area (TPSA) is 24.1 Å². The number of anilines is 1. The lowest BCUT2D eigenvalue weighted by atomic mass is 10.0. The summed E-state index contributed by atoms with van der Waals surface area (Å²) >= 11 is 5.40. The Labute approximate surface area is 132 Å². The maximum absolute atomic E-state index is 5.40. The summed E-state index contributed by atoms with van der Waals surface area (Å²) in [5.41, 5.74) is 6.07. The molecule has 21 heavy (non-hydrogen) atoms. The summed E-state index contributed by atoms with van der Waals surface area (Å²) in [5.74, 6) is 0. The van der Waals surface area contributed by atoms with E-state index in [1.54, 1.807) is 0 Å². The quantitative estimate of drug-likeness (QED) is 0.806. The highest BCUT2D eigenvalue weighted by Crippen LogP contribution is 2.19. The molecule has 0 aliphatic rings. The third kappa shape index (κ3) is 4.30. The summed E-state index contributed by atoms with van der Waals surface area (Å²) in [7, 11) is 0. The van der Waals surface area contributed by atoms with E-state index in [1.165, 1.54) is 22.3 Å². The molecule has 2 nitrogen and oxygen atoms in total. The molecule has 0 aliphatic heterocycles. The van der Waals surface area contributed by atoms with Crippen molar-refractivity contribution in [3.63, 3.8) is 0 Å². The third-order valence-electron chi connectivity index (χ3n) is 3.52. The highest BCUT2D eigenvalue weighted by Gasteiger charge is 2.09. The molecule has 0 amide bonds. The fourth-order valence-electron chi connectivity index (χ4n) is 2.48. The summed E-state index contributed by atoms with van der Waals surface area (Å²) in [4.78, 5) is 0. The lowest BCUT2D eigenvalue weighted by Gasteiger charge is -2.19. The van der Waals surface area contributed by atoms with Gasteiger partial charge in [-0.1, -0.05) is 35.9 Å². The Hall–Kier alpha value is -1.87. The SMILES string of the molecule is Cc1cccc(NC(=S)N[C@@H](C)c2ccc(C)cc2C)c1. The first kappa shape index (κ1) is 15.5. The summed E-state index contributed by atoms with van der Waals surface area (Å²) in [6.07, 6.45) is 0. The minimum absolute atomic E-state index is 0.176. The van der Waals surface area contributed by atoms with Crippen LogP contribution in [0.2, 0.25) is 0 Å². The maximum Gasteiger partial charge on any atom is 0.171 e. The first-order valence-corrected chi connectivity index (χ1v) is 7.58. The van der Waals surface area contributed by atoms with E-state index < -0.39 is 0 Å². The highest BCUT2D eigenvalue weighted by atomic mass is 32.1. The molecule has 0 spiro atoms. The predicted octanol–water partition coefficient (Wildman–Crippen LogP) is 4.66. The summed E-state index contributed by atoms with van der Waals surface area (Å²) < 4.78 is 0. The zero-order valence-corrected chi connectivity index (χ0v) is 13.8. The van der Waals surface area contributed by atoms with Gasteiger partial charge >= 0.3 is 0 Å². The van der Waals surface area contributed by atoms with Crippen molar-refractivity contribution in [2.75, 3.05) is 5.32 Å². The van der Waals surface area contributed by atoms with E-state index in [9.17, 15) is 0 Å². The Morgan fingerprint density at radius 1 is 1.00 bits per heavy atom. The highest BCUT2D eigenvalue weighted by molar-refractivity contribution is 7.80. The van der Waals surface area contributed by atoms with Crippen LogP contribution in [0.1, 0.15) is 35.2 Å². The number of aryl methyl sites for hydroxylation is 3. The summed E-state index contributed by atoms with van der Waals surface area (Å²) in [5, 5.41) is 7.23. The van der Waals surface area contributed by atoms with Gasteiger partial charge in [0.2, 0.25) is 0 Å². The molecule has 0 unspecified atom stereocenters. The molecule has 2 N–H and O–H groups in total. The van der Waals surface area contributed by atoms with Crippen LogP contribution in [0.3, 0.4) is 0 Å². The molecule has 0 bridgehead atoms. The molecule has 2 rings (SSSR count). The van der Waals surface area contributed by atoms with Crippen molar-refractivity contribution in [1.82, 2.24) is 5.32 Å². The Bertz CT molecular complexity index is 649. The number of hydrogen-bond acceptors (Lipinski definition) is 1. The molecule has 0 heterocycles. The maximum atomic E-state index is 5.40. The summed E-state index contributed by atoms with van der Waals surface area (Å²) in [6.45, 7) is 8.44. The molecule has 0 aliphatic carbocycles. The van der Waals surface area contributed by atoms with Crippen molar-refractivity contribution in [2.24, 2.45) is 0 Å². The van der Waals surface area contributed by atoms with Gasteiger partial charge in [0.05, 0.1) is 6.04 Å². The van der Waals surface area contributed by atoms with Crippen LogP contribution in [0.5, 0.6) is 0 Å². The average Bonchev–Trinajstić information content (AvgIpc) is 2.38. The van der Waals surface area contributed by atoms with Crippen LogP contribution in [0, 0.1) is 20.8 Å². The third-order valence-corrected chi connectivity index (χ3v) is 3.74. The molecule has 3 heteroatoms. The Morgan fingerprint density at radius 3 is 2.38 bits per heavy atom. The van der Waals surface area contributed by atoms with E-state index in [0.717, 1.165) is 5.69 Å². The largest absolute Gasteiger partial charge is 0.356 e. The predicted molar refractivity (Wildman–Crippen MR) is 94.9 cm³/mol. The van der Waals surface area contributed by atoms with Gasteiger partial charge < -0.3 is 10.6 Å². The fraction of sp³-hybridized carbons (Fsp3) is 0.278. The van der Waals surface area contributed by atoms with Gasteiger partial charge in [-0.15, -0.1) is 0 Å². The number of hydrogen-bond donors (Lipinski definition) is 2. The first-order chi connectivity index (χ1) is 9.95. The van der Waals surface area contributed by atoms with Crippen LogP contribution in [0.4, 0.5) is 5.69 Å². The summed E-state index contributed by atoms with van der Waals surface area (Å²) in [6, 6.07) is 14.9. The molecule has 0 fully saturated rings. The Morgan fingerprint density at radius 2 is 1.71 bits per heavy atom. The van der Waals surface area contributed by atoms with E-state index in [2.05, 4.69) is 68.7 Å². The average molecular weight is 298 g/mol. The smallest absolute Gasteiger partial charge is 0.171 e. The second-order valence-corrected chi connectivity index (χ2v) is 5.96. The van der Waals surface area contributed by atoms with Crippen molar-refractivity contribution in [3.05, 3.63) is 64.7 Å². The van der Waals surface area contributed by atoms with Gasteiger partial charge in [-0.25, -0.2) is 0 Å². The van der Waals surface area contributed by atoms with Crippen LogP contribution in [0.15, 0.2) is 42.5 Å². The van der Waals surface area contributed by atoms with Crippen LogP contribution in [-0.2, 0) is 0 Å². The van der Waals surface area contributed by atoms with Gasteiger partial charge in [0.15, 0.2) is 5.11 Å². The Balaban J connectivity index is 2.02. The molecule has 0 aromatic heterocycles. The van der Waals surface area contributed by atoms with E-state index in [1.807, 2.05) is 12.1 Å². The molecule has 1 atom stereocenters. The van der Waals surface area contributed by atoms with Gasteiger partial charge in [-0.3, -0.25) is 0 Å². The van der Waals surface area contributed by atoms with Crippen molar-refractivity contribution < 1.29 is 0 Å². The van der Waals surface area contributed by atoms with Crippen LogP contribution in [0.25, 0.3) is 0 Å². The van der Waals surface area contributed by atoms with Crippen molar-refractivity contribution in [2.45, 2.75) is 33.7 Å². The van der Waals surface area contributed by atoms with E-state index in [-0.39, 0.29) is 6.04 Å². The van der Waals surface area contributed by atoms with Gasteiger partial charge in [-0.2, -0.15) is 0 Å². The normalized spacial score (nSPS) is 11.8. The zero-order valence-electron chi connectivity index (χ0n) is 13.0. The molecular weight excluding hydrogens is 276 g/mol. The molecule has 0 radical (unpaired) electrons. The minimum Gasteiger partial charge on any atom is -0.356 e. The van der Waals surface area contributed by atoms with E-state index in [0.29, 0.717) is 5.11 Å². The molecule has 2 aromatic rings. The molecule has 110 valence electrons. The lowest BCUT2D eigenvalue weighted by Crippen LogP contribution is -2.31. The fourth-order valence-corrected chi connectivity index (χ4v) is 2.77. The van der Waals surface area contributed by atoms with Crippen LogP contribution < -0.4 is 10.6 Å². The second-order valence-electron chi connectivity index (χ2n) is 5.55. The monoisotopic (exact) mass is 298 g/mol. The van der Waals surface area contributed by atoms with Gasteiger partial charge in [0, 0.05) is 5.69 Å². The number of thiocarbonyl (C=S) groups is 1. The second kappa shape index (κ2) is 6.72. The number of nitrogens with one attached hydrogen (secondary N) is 2. The van der Waals surface area contributed by atoms with Crippen molar-refractivity contribution in [1.29, 1.82) is 0 Å². The van der Waals surface area contributed by atoms with E-state index >= 15 is 0 Å². The standard InChI is InChI=1S/C18H22N2S/c1-12-6-5-7-16(11-12)20-18(21)19-15(4)17-9-8-13(2)10-14(17)3/h5-11,15H,1-4H3,(H2,19,20,21)/t15-/m0/s1. The van der Waals surface area contributed by atoms with Gasteiger partial charge in [0.25, 0.3) is 0 Å². The lowest BCUT2D eigenvalue weighted by molar-refractivity contribution is 0.717. The van der Waals surface area contributed by atoms with Gasteiger partial charge in [-0.05, 0) is 68.7 Å². The minimum atomic E-state index is 0.176. The molecule has 2 aromatic carbocycles. The Kier molecular flexibility index (Phi) is 4.97. The molecule has 0 saturated heterocycles. The van der Waals surface area contributed by atoms with E-state index in [4.69, 9.17) is 12.2 Å². The molecule has 0 saturated carbocycles. The van der Waals surface area contributed by atoms with Crippen molar-refractivity contribution in [3.8, 4) is 0 Å². The zero-order chi connectivity index (χ0) is 15.4. The van der Waals surface area contributed by atoms with Gasteiger partial charge in [0.1, 0.15) is 0 Å². The van der Waals surface area contributed by atoms with Crippen molar-refractivity contribution >= 4 is 23.0 Å². The number of rotatable bonds is 3. The van der Waals surface area contributed by atoms with Crippen LogP contribution >= 0.6 is 12.2 Å².